The first kappa shape index (κ1) is 13.2. The van der Waals surface area contributed by atoms with Gasteiger partial charge < -0.3 is 4.90 Å². The van der Waals surface area contributed by atoms with Crippen LogP contribution in [-0.2, 0) is 6.42 Å². The summed E-state index contributed by atoms with van der Waals surface area (Å²) in [5.41, 5.74) is 4.88. The van der Waals surface area contributed by atoms with Crippen LogP contribution in [0.15, 0.2) is 42.5 Å². The molecule has 2 heteroatoms. The summed E-state index contributed by atoms with van der Waals surface area (Å²) in [6, 6.07) is 13.3. The van der Waals surface area contributed by atoms with Gasteiger partial charge in [0.05, 0.1) is 0 Å². The molecule has 1 nitrogen and oxygen atoms in total. The van der Waals surface area contributed by atoms with Crippen molar-refractivity contribution in [2.24, 2.45) is 0 Å². The predicted octanol–water partition coefficient (Wildman–Crippen LogP) is 4.66. The standard InChI is InChI=1S/C18H20FN/c1-2-11-20-12-5-9-17-16(8-4-10-18(17)20)14-6-3-7-15(19)13-14/h3-4,6-8,10,13H,2,5,9,11-12H2,1H3. The van der Waals surface area contributed by atoms with E-state index in [0.29, 0.717) is 0 Å². The Kier molecular flexibility index (Phi) is 3.72. The fourth-order valence-electron chi connectivity index (χ4n) is 3.13. The number of anilines is 1. The van der Waals surface area contributed by atoms with Crippen molar-refractivity contribution < 1.29 is 4.39 Å². The largest absolute Gasteiger partial charge is 0.371 e. The lowest BCUT2D eigenvalue weighted by molar-refractivity contribution is 0.628. The van der Waals surface area contributed by atoms with Crippen LogP contribution in [0, 0.1) is 5.82 Å². The third kappa shape index (κ3) is 2.43. The summed E-state index contributed by atoms with van der Waals surface area (Å²) in [6.07, 6.45) is 3.42. The van der Waals surface area contributed by atoms with Crippen LogP contribution in [0.5, 0.6) is 0 Å². The van der Waals surface area contributed by atoms with Crippen LogP contribution in [0.3, 0.4) is 0 Å². The van der Waals surface area contributed by atoms with Gasteiger partial charge >= 0.3 is 0 Å². The first-order valence-electron chi connectivity index (χ1n) is 7.42. The van der Waals surface area contributed by atoms with Crippen LogP contribution in [0.1, 0.15) is 25.3 Å². The van der Waals surface area contributed by atoms with Crippen molar-refractivity contribution in [1.29, 1.82) is 0 Å². The van der Waals surface area contributed by atoms with E-state index in [0.717, 1.165) is 31.5 Å². The number of benzene rings is 2. The fourth-order valence-corrected chi connectivity index (χ4v) is 3.13. The maximum absolute atomic E-state index is 13.5. The average molecular weight is 269 g/mol. The van der Waals surface area contributed by atoms with Gasteiger partial charge in [-0.15, -0.1) is 0 Å². The Morgan fingerprint density at radius 1 is 1.15 bits per heavy atom. The molecule has 0 bridgehead atoms. The van der Waals surface area contributed by atoms with E-state index in [9.17, 15) is 4.39 Å². The Morgan fingerprint density at radius 2 is 2.00 bits per heavy atom. The van der Waals surface area contributed by atoms with Gasteiger partial charge in [-0.2, -0.15) is 0 Å². The summed E-state index contributed by atoms with van der Waals surface area (Å²) in [7, 11) is 0. The molecular formula is C18H20FN. The molecule has 0 spiro atoms. The number of fused-ring (bicyclic) bond motifs is 1. The van der Waals surface area contributed by atoms with E-state index in [1.54, 1.807) is 12.1 Å². The first-order valence-corrected chi connectivity index (χ1v) is 7.42. The van der Waals surface area contributed by atoms with Crippen molar-refractivity contribution in [1.82, 2.24) is 0 Å². The molecule has 0 N–H and O–H groups in total. The second-order valence-corrected chi connectivity index (χ2v) is 5.40. The Bertz CT molecular complexity index is 606. The van der Waals surface area contributed by atoms with Crippen molar-refractivity contribution in [2.45, 2.75) is 26.2 Å². The zero-order valence-electron chi connectivity index (χ0n) is 11.9. The summed E-state index contributed by atoms with van der Waals surface area (Å²) < 4.78 is 13.5. The maximum atomic E-state index is 13.5. The van der Waals surface area contributed by atoms with Gasteiger partial charge in [-0.25, -0.2) is 4.39 Å². The molecule has 1 aliphatic heterocycles. The van der Waals surface area contributed by atoms with Gasteiger partial charge in [0.1, 0.15) is 5.82 Å². The molecule has 104 valence electrons. The minimum absolute atomic E-state index is 0.165. The van der Waals surface area contributed by atoms with Gasteiger partial charge in [-0.05, 0) is 54.2 Å². The molecule has 0 aromatic heterocycles. The van der Waals surface area contributed by atoms with Crippen molar-refractivity contribution in [3.8, 4) is 11.1 Å². The van der Waals surface area contributed by atoms with Crippen LogP contribution in [0.25, 0.3) is 11.1 Å². The highest BCUT2D eigenvalue weighted by Crippen LogP contribution is 2.35. The van der Waals surface area contributed by atoms with E-state index in [4.69, 9.17) is 0 Å². The molecule has 3 rings (SSSR count). The minimum Gasteiger partial charge on any atom is -0.371 e. The number of hydrogen-bond donors (Lipinski definition) is 0. The fraction of sp³-hybridized carbons (Fsp3) is 0.333. The quantitative estimate of drug-likeness (QED) is 0.783. The second kappa shape index (κ2) is 5.66. The predicted molar refractivity (Wildman–Crippen MR) is 82.7 cm³/mol. The van der Waals surface area contributed by atoms with Gasteiger partial charge in [0.2, 0.25) is 0 Å². The summed E-state index contributed by atoms with van der Waals surface area (Å²) >= 11 is 0. The van der Waals surface area contributed by atoms with Crippen molar-refractivity contribution in [2.75, 3.05) is 18.0 Å². The summed E-state index contributed by atoms with van der Waals surface area (Å²) in [4.78, 5) is 2.46. The number of nitrogens with zero attached hydrogens (tertiary/aromatic N) is 1. The van der Waals surface area contributed by atoms with Crippen molar-refractivity contribution >= 4 is 5.69 Å². The lowest BCUT2D eigenvalue weighted by Crippen LogP contribution is -2.30. The molecule has 20 heavy (non-hydrogen) atoms. The summed E-state index contributed by atoms with van der Waals surface area (Å²) in [6.45, 7) is 4.44. The molecule has 0 saturated heterocycles. The molecule has 0 aliphatic carbocycles. The van der Waals surface area contributed by atoms with Crippen LogP contribution < -0.4 is 4.90 Å². The Hall–Kier alpha value is -1.83. The Labute approximate surface area is 120 Å². The SMILES string of the molecule is CCCN1CCCc2c(-c3cccc(F)c3)cccc21. The molecule has 0 fully saturated rings. The second-order valence-electron chi connectivity index (χ2n) is 5.40. The van der Waals surface area contributed by atoms with E-state index >= 15 is 0 Å². The molecule has 0 atom stereocenters. The van der Waals surface area contributed by atoms with Crippen LogP contribution in [0.2, 0.25) is 0 Å². The maximum Gasteiger partial charge on any atom is 0.123 e. The van der Waals surface area contributed by atoms with E-state index in [2.05, 4.69) is 30.0 Å². The van der Waals surface area contributed by atoms with Gasteiger partial charge in [0.25, 0.3) is 0 Å². The number of rotatable bonds is 3. The van der Waals surface area contributed by atoms with E-state index in [-0.39, 0.29) is 5.82 Å². The Balaban J connectivity index is 2.07. The molecule has 2 aromatic rings. The minimum atomic E-state index is -0.165. The number of hydrogen-bond acceptors (Lipinski definition) is 1. The molecule has 0 saturated carbocycles. The topological polar surface area (TPSA) is 3.24 Å². The normalized spacial score (nSPS) is 14.2. The lowest BCUT2D eigenvalue weighted by Gasteiger charge is -2.32. The molecular weight excluding hydrogens is 249 g/mol. The zero-order valence-corrected chi connectivity index (χ0v) is 11.9. The van der Waals surface area contributed by atoms with Crippen molar-refractivity contribution in [3.05, 3.63) is 53.8 Å². The molecule has 0 radical (unpaired) electrons. The van der Waals surface area contributed by atoms with E-state index in [1.165, 1.54) is 29.3 Å². The highest BCUT2D eigenvalue weighted by molar-refractivity contribution is 5.75. The summed E-state index contributed by atoms with van der Waals surface area (Å²) in [5, 5.41) is 0. The van der Waals surface area contributed by atoms with Crippen molar-refractivity contribution in [3.63, 3.8) is 0 Å². The number of halogens is 1. The third-order valence-corrected chi connectivity index (χ3v) is 3.98. The highest BCUT2D eigenvalue weighted by atomic mass is 19.1. The van der Waals surface area contributed by atoms with Crippen LogP contribution >= 0.6 is 0 Å². The molecule has 1 heterocycles. The van der Waals surface area contributed by atoms with Gasteiger partial charge in [0.15, 0.2) is 0 Å². The molecule has 0 amide bonds. The van der Waals surface area contributed by atoms with Crippen LogP contribution in [0.4, 0.5) is 10.1 Å². The van der Waals surface area contributed by atoms with Gasteiger partial charge in [-0.3, -0.25) is 0 Å². The van der Waals surface area contributed by atoms with Gasteiger partial charge in [-0.1, -0.05) is 31.2 Å². The van der Waals surface area contributed by atoms with Gasteiger partial charge in [0, 0.05) is 18.8 Å². The monoisotopic (exact) mass is 269 g/mol. The van der Waals surface area contributed by atoms with E-state index < -0.39 is 0 Å². The molecule has 1 aliphatic rings. The molecule has 2 aromatic carbocycles. The average Bonchev–Trinajstić information content (AvgIpc) is 2.47. The third-order valence-electron chi connectivity index (χ3n) is 3.98. The lowest BCUT2D eigenvalue weighted by atomic mass is 9.92. The molecule has 0 unspecified atom stereocenters. The van der Waals surface area contributed by atoms with E-state index in [1.807, 2.05) is 6.07 Å². The zero-order chi connectivity index (χ0) is 13.9. The first-order chi connectivity index (χ1) is 9.79. The Morgan fingerprint density at radius 3 is 2.80 bits per heavy atom. The highest BCUT2D eigenvalue weighted by Gasteiger charge is 2.19. The smallest absolute Gasteiger partial charge is 0.123 e. The summed E-state index contributed by atoms with van der Waals surface area (Å²) in [5.74, 6) is -0.165. The van der Waals surface area contributed by atoms with Crippen LogP contribution in [-0.4, -0.2) is 13.1 Å².